The molecule has 0 aliphatic heterocycles. The van der Waals surface area contributed by atoms with Gasteiger partial charge in [-0.1, -0.05) is 39.0 Å². The van der Waals surface area contributed by atoms with Crippen molar-refractivity contribution in [3.05, 3.63) is 34.9 Å². The molecule has 0 nitrogen and oxygen atoms in total. The SMILES string of the molecule is CCc1c(C)cccc1C(C)C. The van der Waals surface area contributed by atoms with E-state index >= 15 is 0 Å². The van der Waals surface area contributed by atoms with E-state index in [-0.39, 0.29) is 0 Å². The van der Waals surface area contributed by atoms with Crippen LogP contribution in [0.25, 0.3) is 0 Å². The first-order chi connectivity index (χ1) is 5.66. The van der Waals surface area contributed by atoms with Crippen LogP contribution >= 0.6 is 0 Å². The van der Waals surface area contributed by atoms with Crippen molar-refractivity contribution in [3.63, 3.8) is 0 Å². The van der Waals surface area contributed by atoms with Crippen LogP contribution in [0.2, 0.25) is 0 Å². The van der Waals surface area contributed by atoms with Gasteiger partial charge in [0.2, 0.25) is 0 Å². The Morgan fingerprint density at radius 3 is 2.33 bits per heavy atom. The smallest absolute Gasteiger partial charge is 0.0216 e. The summed E-state index contributed by atoms with van der Waals surface area (Å²) in [6.45, 7) is 8.95. The maximum absolute atomic E-state index is 2.26. The van der Waals surface area contributed by atoms with Crippen LogP contribution in [0.3, 0.4) is 0 Å². The van der Waals surface area contributed by atoms with Crippen molar-refractivity contribution in [1.82, 2.24) is 0 Å². The Balaban J connectivity index is 3.18. The summed E-state index contributed by atoms with van der Waals surface area (Å²) < 4.78 is 0. The Kier molecular flexibility index (Phi) is 2.91. The molecule has 0 heterocycles. The fourth-order valence-electron chi connectivity index (χ4n) is 1.75. The first-order valence-electron chi connectivity index (χ1n) is 4.75. The zero-order valence-corrected chi connectivity index (χ0v) is 8.52. The molecule has 0 bridgehead atoms. The van der Waals surface area contributed by atoms with Crippen LogP contribution in [0.1, 0.15) is 43.4 Å². The third-order valence-corrected chi connectivity index (χ3v) is 2.42. The van der Waals surface area contributed by atoms with E-state index in [1.165, 1.54) is 16.7 Å². The summed E-state index contributed by atoms with van der Waals surface area (Å²) in [6.07, 6.45) is 1.15. The average Bonchev–Trinajstić information content (AvgIpc) is 2.03. The van der Waals surface area contributed by atoms with Crippen molar-refractivity contribution in [2.24, 2.45) is 0 Å². The quantitative estimate of drug-likeness (QED) is 0.622. The molecular formula is C12H18. The van der Waals surface area contributed by atoms with Gasteiger partial charge in [-0.3, -0.25) is 0 Å². The predicted molar refractivity (Wildman–Crippen MR) is 54.6 cm³/mol. The first-order valence-corrected chi connectivity index (χ1v) is 4.75. The third-order valence-electron chi connectivity index (χ3n) is 2.42. The van der Waals surface area contributed by atoms with Crippen LogP contribution in [-0.4, -0.2) is 0 Å². The van der Waals surface area contributed by atoms with Crippen molar-refractivity contribution < 1.29 is 0 Å². The Morgan fingerprint density at radius 1 is 1.25 bits per heavy atom. The van der Waals surface area contributed by atoms with Gasteiger partial charge in [0.25, 0.3) is 0 Å². The van der Waals surface area contributed by atoms with Gasteiger partial charge in [-0.2, -0.15) is 0 Å². The highest BCUT2D eigenvalue weighted by atomic mass is 14.1. The lowest BCUT2D eigenvalue weighted by Gasteiger charge is -2.13. The minimum atomic E-state index is 0.653. The van der Waals surface area contributed by atoms with Crippen LogP contribution in [0.15, 0.2) is 18.2 Å². The van der Waals surface area contributed by atoms with Gasteiger partial charge in [-0.25, -0.2) is 0 Å². The molecule has 1 rings (SSSR count). The number of aryl methyl sites for hydroxylation is 1. The van der Waals surface area contributed by atoms with Crippen molar-refractivity contribution in [3.8, 4) is 0 Å². The second-order valence-electron chi connectivity index (χ2n) is 3.65. The molecule has 1 aromatic carbocycles. The topological polar surface area (TPSA) is 0 Å². The minimum absolute atomic E-state index is 0.653. The lowest BCUT2D eigenvalue weighted by molar-refractivity contribution is 0.840. The zero-order valence-electron chi connectivity index (χ0n) is 8.52. The van der Waals surface area contributed by atoms with Crippen LogP contribution in [0.5, 0.6) is 0 Å². The molecule has 12 heavy (non-hydrogen) atoms. The highest BCUT2D eigenvalue weighted by molar-refractivity contribution is 5.36. The van der Waals surface area contributed by atoms with Crippen molar-refractivity contribution in [2.45, 2.75) is 40.0 Å². The summed E-state index contributed by atoms with van der Waals surface area (Å²) in [5.74, 6) is 0.653. The van der Waals surface area contributed by atoms with E-state index < -0.39 is 0 Å². The standard InChI is InChI=1S/C12H18/c1-5-11-10(4)7-6-8-12(11)9(2)3/h6-9H,5H2,1-4H3. The molecule has 0 unspecified atom stereocenters. The maximum atomic E-state index is 2.26. The molecule has 0 aliphatic carbocycles. The molecule has 0 spiro atoms. The van der Waals surface area contributed by atoms with Gasteiger partial charge in [0, 0.05) is 0 Å². The van der Waals surface area contributed by atoms with E-state index in [0.29, 0.717) is 5.92 Å². The minimum Gasteiger partial charge on any atom is -0.0617 e. The molecule has 0 radical (unpaired) electrons. The molecule has 0 heteroatoms. The highest BCUT2D eigenvalue weighted by Crippen LogP contribution is 2.22. The van der Waals surface area contributed by atoms with E-state index in [9.17, 15) is 0 Å². The summed E-state index contributed by atoms with van der Waals surface area (Å²) in [5.41, 5.74) is 4.48. The molecular weight excluding hydrogens is 144 g/mol. The summed E-state index contributed by atoms with van der Waals surface area (Å²) in [5, 5.41) is 0. The molecule has 0 aromatic heterocycles. The molecule has 0 fully saturated rings. The number of rotatable bonds is 2. The van der Waals surface area contributed by atoms with Crippen LogP contribution in [0, 0.1) is 6.92 Å². The van der Waals surface area contributed by atoms with Gasteiger partial charge in [0.05, 0.1) is 0 Å². The number of hydrogen-bond acceptors (Lipinski definition) is 0. The molecule has 0 saturated heterocycles. The lowest BCUT2D eigenvalue weighted by Crippen LogP contribution is -1.97. The molecule has 66 valence electrons. The Labute approximate surface area is 75.6 Å². The van der Waals surface area contributed by atoms with Gasteiger partial charge >= 0.3 is 0 Å². The number of benzene rings is 1. The Hall–Kier alpha value is -0.780. The van der Waals surface area contributed by atoms with Crippen molar-refractivity contribution >= 4 is 0 Å². The third kappa shape index (κ3) is 1.69. The Bertz CT molecular complexity index is 259. The molecule has 0 saturated carbocycles. The normalized spacial score (nSPS) is 10.8. The van der Waals surface area contributed by atoms with Gasteiger partial charge in [0.1, 0.15) is 0 Å². The Morgan fingerprint density at radius 2 is 1.92 bits per heavy atom. The van der Waals surface area contributed by atoms with Gasteiger partial charge in [-0.05, 0) is 36.0 Å². The number of hydrogen-bond donors (Lipinski definition) is 0. The maximum Gasteiger partial charge on any atom is -0.0216 e. The van der Waals surface area contributed by atoms with Gasteiger partial charge in [-0.15, -0.1) is 0 Å². The fraction of sp³-hybridized carbons (Fsp3) is 0.500. The first kappa shape index (κ1) is 9.31. The van der Waals surface area contributed by atoms with Gasteiger partial charge < -0.3 is 0 Å². The average molecular weight is 162 g/mol. The summed E-state index contributed by atoms with van der Waals surface area (Å²) in [7, 11) is 0. The zero-order chi connectivity index (χ0) is 9.14. The van der Waals surface area contributed by atoms with E-state index in [1.54, 1.807) is 0 Å². The van der Waals surface area contributed by atoms with E-state index in [1.807, 2.05) is 0 Å². The second kappa shape index (κ2) is 3.75. The molecule has 0 N–H and O–H groups in total. The highest BCUT2D eigenvalue weighted by Gasteiger charge is 2.05. The largest absolute Gasteiger partial charge is 0.0617 e. The lowest BCUT2D eigenvalue weighted by atomic mass is 9.92. The van der Waals surface area contributed by atoms with Crippen LogP contribution < -0.4 is 0 Å². The van der Waals surface area contributed by atoms with E-state index in [2.05, 4.69) is 45.9 Å². The molecule has 1 aromatic rings. The summed E-state index contributed by atoms with van der Waals surface area (Å²) in [4.78, 5) is 0. The molecule has 0 atom stereocenters. The molecule has 0 aliphatic rings. The second-order valence-corrected chi connectivity index (χ2v) is 3.65. The van der Waals surface area contributed by atoms with Crippen LogP contribution in [-0.2, 0) is 6.42 Å². The summed E-state index contributed by atoms with van der Waals surface area (Å²) >= 11 is 0. The van der Waals surface area contributed by atoms with Crippen molar-refractivity contribution in [1.29, 1.82) is 0 Å². The van der Waals surface area contributed by atoms with Gasteiger partial charge in [0.15, 0.2) is 0 Å². The van der Waals surface area contributed by atoms with E-state index in [0.717, 1.165) is 6.42 Å². The van der Waals surface area contributed by atoms with Crippen molar-refractivity contribution in [2.75, 3.05) is 0 Å². The predicted octanol–water partition coefficient (Wildman–Crippen LogP) is 3.68. The van der Waals surface area contributed by atoms with E-state index in [4.69, 9.17) is 0 Å². The molecule has 0 amide bonds. The monoisotopic (exact) mass is 162 g/mol. The van der Waals surface area contributed by atoms with Crippen LogP contribution in [0.4, 0.5) is 0 Å². The fourth-order valence-corrected chi connectivity index (χ4v) is 1.75. The summed E-state index contributed by atoms with van der Waals surface area (Å²) in [6, 6.07) is 6.60.